The molecule has 0 N–H and O–H groups in total. The summed E-state index contributed by atoms with van der Waals surface area (Å²) in [5.74, 6) is 1.99. The highest BCUT2D eigenvalue weighted by molar-refractivity contribution is 5.86. The first-order valence-corrected chi connectivity index (χ1v) is 8.46. The van der Waals surface area contributed by atoms with Crippen LogP contribution in [0.2, 0.25) is 0 Å². The second kappa shape index (κ2) is 8.21. The zero-order chi connectivity index (χ0) is 15.1. The van der Waals surface area contributed by atoms with E-state index in [-0.39, 0.29) is 5.92 Å². The van der Waals surface area contributed by atoms with Gasteiger partial charge in [0.2, 0.25) is 0 Å². The summed E-state index contributed by atoms with van der Waals surface area (Å²) in [5.41, 5.74) is 1.16. The molecule has 1 aromatic carbocycles. The van der Waals surface area contributed by atoms with Crippen LogP contribution in [0, 0.1) is 5.92 Å². The molecule has 0 spiro atoms. The monoisotopic (exact) mass is 288 g/mol. The third-order valence-corrected chi connectivity index (χ3v) is 4.44. The van der Waals surface area contributed by atoms with E-state index in [4.69, 9.17) is 4.74 Å². The molecule has 0 aromatic heterocycles. The van der Waals surface area contributed by atoms with E-state index < -0.39 is 0 Å². The summed E-state index contributed by atoms with van der Waals surface area (Å²) in [5, 5.41) is 0. The van der Waals surface area contributed by atoms with Crippen LogP contribution in [0.15, 0.2) is 24.3 Å². The van der Waals surface area contributed by atoms with Gasteiger partial charge in [-0.15, -0.1) is 0 Å². The predicted octanol–water partition coefficient (Wildman–Crippen LogP) is 5.12. The number of ketones is 1. The van der Waals surface area contributed by atoms with Crippen molar-refractivity contribution >= 4 is 5.78 Å². The van der Waals surface area contributed by atoms with Crippen LogP contribution >= 0.6 is 0 Å². The Labute approximate surface area is 128 Å². The van der Waals surface area contributed by atoms with Gasteiger partial charge in [-0.1, -0.05) is 45.2 Å². The van der Waals surface area contributed by atoms with Gasteiger partial charge in [-0.05, 0) is 42.9 Å². The van der Waals surface area contributed by atoms with E-state index in [1.165, 1.54) is 19.3 Å². The lowest BCUT2D eigenvalue weighted by Gasteiger charge is -2.25. The van der Waals surface area contributed by atoms with Crippen molar-refractivity contribution in [2.45, 2.75) is 64.7 Å². The normalized spacial score (nSPS) is 22.3. The number of carbonyl (C=O) groups excluding carboxylic acids is 1. The Kier molecular flexibility index (Phi) is 6.28. The molecule has 21 heavy (non-hydrogen) atoms. The first kappa shape index (κ1) is 16.1. The predicted molar refractivity (Wildman–Crippen MR) is 86.8 cm³/mol. The van der Waals surface area contributed by atoms with Crippen molar-refractivity contribution < 1.29 is 9.53 Å². The number of Topliss-reactive ketones (excluding diaryl/α,β-unsaturated/α-hetero) is 1. The minimum atomic E-state index is 0.111. The summed E-state index contributed by atoms with van der Waals surface area (Å²) in [6, 6.07) is 8.17. The number of benzene rings is 1. The molecule has 116 valence electrons. The second-order valence-electron chi connectivity index (χ2n) is 6.38. The van der Waals surface area contributed by atoms with Crippen molar-refractivity contribution in [3.63, 3.8) is 0 Å². The highest BCUT2D eigenvalue weighted by atomic mass is 16.5. The number of hydrogen-bond donors (Lipinski definition) is 0. The maximum atomic E-state index is 12.1. The Hall–Kier alpha value is -1.31. The summed E-state index contributed by atoms with van der Waals surface area (Å²) in [7, 11) is 0. The lowest BCUT2D eigenvalue weighted by atomic mass is 9.78. The van der Waals surface area contributed by atoms with E-state index in [2.05, 4.69) is 26.0 Å². The second-order valence-corrected chi connectivity index (χ2v) is 6.38. The van der Waals surface area contributed by atoms with E-state index in [1.807, 2.05) is 12.1 Å². The van der Waals surface area contributed by atoms with E-state index in [9.17, 15) is 4.79 Å². The van der Waals surface area contributed by atoms with Crippen LogP contribution in [0.3, 0.4) is 0 Å². The van der Waals surface area contributed by atoms with Gasteiger partial charge < -0.3 is 4.74 Å². The Bertz CT molecular complexity index is 435. The molecule has 0 aliphatic heterocycles. The molecule has 0 unspecified atom stereocenters. The summed E-state index contributed by atoms with van der Waals surface area (Å²) in [6.45, 7) is 5.18. The van der Waals surface area contributed by atoms with Crippen molar-refractivity contribution in [1.29, 1.82) is 0 Å². The molecule has 0 amide bonds. The number of rotatable bonds is 7. The zero-order valence-corrected chi connectivity index (χ0v) is 13.4. The zero-order valence-electron chi connectivity index (χ0n) is 13.4. The highest BCUT2D eigenvalue weighted by Gasteiger charge is 2.27. The molecule has 1 aromatic rings. The average Bonchev–Trinajstić information content (AvgIpc) is 2.48. The van der Waals surface area contributed by atoms with Crippen LogP contribution in [0.1, 0.15) is 70.3 Å². The number of unbranched alkanes of at least 4 members (excludes halogenated alkanes) is 3. The van der Waals surface area contributed by atoms with Gasteiger partial charge in [0.05, 0.1) is 6.61 Å². The van der Waals surface area contributed by atoms with E-state index in [0.29, 0.717) is 11.7 Å². The Balaban J connectivity index is 1.83. The third kappa shape index (κ3) is 4.87. The average molecular weight is 288 g/mol. The largest absolute Gasteiger partial charge is 0.494 e. The molecular weight excluding hydrogens is 260 g/mol. The van der Waals surface area contributed by atoms with Gasteiger partial charge in [0.15, 0.2) is 0 Å². The number of ether oxygens (including phenoxy) is 1. The Morgan fingerprint density at radius 2 is 1.86 bits per heavy atom. The van der Waals surface area contributed by atoms with Crippen LogP contribution in [0.5, 0.6) is 5.75 Å². The van der Waals surface area contributed by atoms with E-state index in [0.717, 1.165) is 43.6 Å². The maximum absolute atomic E-state index is 12.1. The maximum Gasteiger partial charge on any atom is 0.140 e. The first-order chi connectivity index (χ1) is 10.2. The molecule has 2 atom stereocenters. The van der Waals surface area contributed by atoms with Crippen molar-refractivity contribution in [2.75, 3.05) is 6.61 Å². The molecule has 2 heteroatoms. The minimum absolute atomic E-state index is 0.111. The molecule has 0 heterocycles. The van der Waals surface area contributed by atoms with Gasteiger partial charge in [0.25, 0.3) is 0 Å². The lowest BCUT2D eigenvalue weighted by Crippen LogP contribution is -2.21. The first-order valence-electron chi connectivity index (χ1n) is 8.46. The summed E-state index contributed by atoms with van der Waals surface area (Å²) in [4.78, 5) is 12.1. The fourth-order valence-electron chi connectivity index (χ4n) is 3.07. The quantitative estimate of drug-likeness (QED) is 0.651. The molecular formula is C19H28O2. The molecule has 1 fully saturated rings. The van der Waals surface area contributed by atoms with E-state index >= 15 is 0 Å². The van der Waals surface area contributed by atoms with Gasteiger partial charge in [0.1, 0.15) is 11.5 Å². The van der Waals surface area contributed by atoms with Crippen LogP contribution in [0.25, 0.3) is 0 Å². The summed E-state index contributed by atoms with van der Waals surface area (Å²) >= 11 is 0. The van der Waals surface area contributed by atoms with Crippen molar-refractivity contribution in [1.82, 2.24) is 0 Å². The third-order valence-electron chi connectivity index (χ3n) is 4.44. The lowest BCUT2D eigenvalue weighted by molar-refractivity contribution is -0.123. The Morgan fingerprint density at radius 1 is 1.10 bits per heavy atom. The topological polar surface area (TPSA) is 26.3 Å². The highest BCUT2D eigenvalue weighted by Crippen LogP contribution is 2.33. The van der Waals surface area contributed by atoms with Gasteiger partial charge >= 0.3 is 0 Å². The van der Waals surface area contributed by atoms with Gasteiger partial charge in [-0.3, -0.25) is 4.79 Å². The molecule has 0 radical (unpaired) electrons. The van der Waals surface area contributed by atoms with Crippen molar-refractivity contribution in [3.8, 4) is 5.75 Å². The molecule has 1 aliphatic rings. The van der Waals surface area contributed by atoms with Crippen molar-refractivity contribution in [3.05, 3.63) is 29.8 Å². The number of hydrogen-bond acceptors (Lipinski definition) is 2. The van der Waals surface area contributed by atoms with Gasteiger partial charge in [0, 0.05) is 12.3 Å². The molecule has 1 saturated carbocycles. The minimum Gasteiger partial charge on any atom is -0.494 e. The molecule has 0 saturated heterocycles. The smallest absolute Gasteiger partial charge is 0.140 e. The standard InChI is InChI=1S/C19H28O2/c1-3-4-5-6-13-21-17-10-8-16(9-11-17)18-12-7-15(2)14-19(18)20/h8-11,15,18H,3-7,12-14H2,1-2H3/t15-,18+/m1/s1. The van der Waals surface area contributed by atoms with Crippen molar-refractivity contribution in [2.24, 2.45) is 5.92 Å². The summed E-state index contributed by atoms with van der Waals surface area (Å²) < 4.78 is 5.75. The molecule has 1 aliphatic carbocycles. The van der Waals surface area contributed by atoms with Gasteiger partial charge in [-0.2, -0.15) is 0 Å². The van der Waals surface area contributed by atoms with E-state index in [1.54, 1.807) is 0 Å². The van der Waals surface area contributed by atoms with Crippen LogP contribution in [-0.4, -0.2) is 12.4 Å². The Morgan fingerprint density at radius 3 is 2.52 bits per heavy atom. The molecule has 0 bridgehead atoms. The SMILES string of the molecule is CCCCCCOc1ccc([C@@H]2CC[C@@H](C)CC2=O)cc1. The fraction of sp³-hybridized carbons (Fsp3) is 0.632. The number of carbonyl (C=O) groups is 1. The van der Waals surface area contributed by atoms with Crippen LogP contribution in [0.4, 0.5) is 0 Å². The van der Waals surface area contributed by atoms with Gasteiger partial charge in [-0.25, -0.2) is 0 Å². The van der Waals surface area contributed by atoms with Crippen LogP contribution < -0.4 is 4.74 Å². The summed E-state index contributed by atoms with van der Waals surface area (Å²) in [6.07, 6.45) is 7.79. The van der Waals surface area contributed by atoms with Crippen LogP contribution in [-0.2, 0) is 4.79 Å². The molecule has 2 rings (SSSR count). The fourth-order valence-corrected chi connectivity index (χ4v) is 3.07. The molecule has 2 nitrogen and oxygen atoms in total.